The summed E-state index contributed by atoms with van der Waals surface area (Å²) in [6.45, 7) is 2.80. The Labute approximate surface area is 129 Å². The zero-order valence-corrected chi connectivity index (χ0v) is 13.1. The molecule has 0 bridgehead atoms. The molecule has 1 aliphatic rings. The van der Waals surface area contributed by atoms with E-state index in [1.165, 1.54) is 4.31 Å². The summed E-state index contributed by atoms with van der Waals surface area (Å²) in [7, 11) is -3.51. The largest absolute Gasteiger partial charge is 0.337 e. The van der Waals surface area contributed by atoms with Crippen molar-refractivity contribution in [3.63, 3.8) is 0 Å². The molecule has 3 rings (SSSR count). The van der Waals surface area contributed by atoms with E-state index in [0.29, 0.717) is 18.9 Å². The summed E-state index contributed by atoms with van der Waals surface area (Å²) in [4.78, 5) is 4.27. The Kier molecular flexibility index (Phi) is 4.23. The molecular formula is C14H18N4O3S. The molecule has 1 saturated heterocycles. The van der Waals surface area contributed by atoms with Gasteiger partial charge < -0.3 is 4.52 Å². The van der Waals surface area contributed by atoms with Crippen molar-refractivity contribution in [2.24, 2.45) is 0 Å². The SMILES string of the molecule is C[C@@H](NS(=O)(=O)N1CCCC1)c1nc(-c2ccccc2)no1. The summed E-state index contributed by atoms with van der Waals surface area (Å²) in [6.07, 6.45) is 1.79. The van der Waals surface area contributed by atoms with Crippen LogP contribution in [0.3, 0.4) is 0 Å². The van der Waals surface area contributed by atoms with Crippen molar-refractivity contribution >= 4 is 10.2 Å². The molecule has 1 N–H and O–H groups in total. The van der Waals surface area contributed by atoms with E-state index in [9.17, 15) is 8.42 Å². The fourth-order valence-corrected chi connectivity index (χ4v) is 3.83. The molecule has 1 fully saturated rings. The summed E-state index contributed by atoms with van der Waals surface area (Å²) >= 11 is 0. The highest BCUT2D eigenvalue weighted by atomic mass is 32.2. The Morgan fingerprint density at radius 1 is 1.23 bits per heavy atom. The van der Waals surface area contributed by atoms with E-state index >= 15 is 0 Å². The molecular weight excluding hydrogens is 304 g/mol. The zero-order valence-electron chi connectivity index (χ0n) is 12.3. The third-order valence-electron chi connectivity index (χ3n) is 3.57. The summed E-state index contributed by atoms with van der Waals surface area (Å²) in [5.74, 6) is 0.699. The van der Waals surface area contributed by atoms with Crippen molar-refractivity contribution < 1.29 is 12.9 Å². The predicted molar refractivity (Wildman–Crippen MR) is 81.0 cm³/mol. The van der Waals surface area contributed by atoms with Gasteiger partial charge in [0.2, 0.25) is 11.7 Å². The van der Waals surface area contributed by atoms with Crippen molar-refractivity contribution in [2.75, 3.05) is 13.1 Å². The molecule has 1 aromatic heterocycles. The fraction of sp³-hybridized carbons (Fsp3) is 0.429. The van der Waals surface area contributed by atoms with Gasteiger partial charge in [0.05, 0.1) is 6.04 Å². The molecule has 0 radical (unpaired) electrons. The highest BCUT2D eigenvalue weighted by Gasteiger charge is 2.28. The number of rotatable bonds is 5. The van der Waals surface area contributed by atoms with Gasteiger partial charge in [0.15, 0.2) is 0 Å². The van der Waals surface area contributed by atoms with Crippen LogP contribution in [0.25, 0.3) is 11.4 Å². The highest BCUT2D eigenvalue weighted by Crippen LogP contribution is 2.20. The average molecular weight is 322 g/mol. The Balaban J connectivity index is 1.73. The first-order valence-electron chi connectivity index (χ1n) is 7.23. The van der Waals surface area contributed by atoms with Crippen molar-refractivity contribution in [3.05, 3.63) is 36.2 Å². The molecule has 1 aromatic carbocycles. The van der Waals surface area contributed by atoms with Crippen LogP contribution in [-0.4, -0.2) is 36.0 Å². The molecule has 118 valence electrons. The first-order chi connectivity index (χ1) is 10.6. The number of hydrogen-bond acceptors (Lipinski definition) is 5. The number of aromatic nitrogens is 2. The maximum atomic E-state index is 12.2. The number of hydrogen-bond donors (Lipinski definition) is 1. The number of nitrogens with zero attached hydrogens (tertiary/aromatic N) is 3. The molecule has 2 aromatic rings. The molecule has 22 heavy (non-hydrogen) atoms. The third-order valence-corrected chi connectivity index (χ3v) is 5.27. The van der Waals surface area contributed by atoms with E-state index in [2.05, 4.69) is 14.9 Å². The summed E-state index contributed by atoms with van der Waals surface area (Å²) < 4.78 is 33.6. The predicted octanol–water partition coefficient (Wildman–Crippen LogP) is 1.73. The average Bonchev–Trinajstić information content (AvgIpc) is 3.20. The third kappa shape index (κ3) is 3.18. The quantitative estimate of drug-likeness (QED) is 0.905. The van der Waals surface area contributed by atoms with Crippen LogP contribution in [0.2, 0.25) is 0 Å². The lowest BCUT2D eigenvalue weighted by atomic mass is 10.2. The summed E-state index contributed by atoms with van der Waals surface area (Å²) in [5.41, 5.74) is 0.826. The molecule has 0 spiro atoms. The van der Waals surface area contributed by atoms with E-state index in [-0.39, 0.29) is 5.89 Å². The van der Waals surface area contributed by atoms with Crippen molar-refractivity contribution in [2.45, 2.75) is 25.8 Å². The molecule has 2 heterocycles. The Morgan fingerprint density at radius 3 is 2.59 bits per heavy atom. The van der Waals surface area contributed by atoms with Crippen LogP contribution in [0.4, 0.5) is 0 Å². The van der Waals surface area contributed by atoms with Crippen molar-refractivity contribution in [3.8, 4) is 11.4 Å². The summed E-state index contributed by atoms with van der Waals surface area (Å²) in [6, 6.07) is 8.82. The van der Waals surface area contributed by atoms with Gasteiger partial charge in [-0.1, -0.05) is 35.5 Å². The Hall–Kier alpha value is -1.77. The molecule has 1 atom stereocenters. The van der Waals surface area contributed by atoms with Crippen LogP contribution in [0.15, 0.2) is 34.9 Å². The molecule has 1 aliphatic heterocycles. The minimum Gasteiger partial charge on any atom is -0.337 e. The lowest BCUT2D eigenvalue weighted by molar-refractivity contribution is 0.349. The van der Waals surface area contributed by atoms with E-state index in [4.69, 9.17) is 4.52 Å². The maximum absolute atomic E-state index is 12.2. The van der Waals surface area contributed by atoms with Gasteiger partial charge in [-0.2, -0.15) is 22.4 Å². The normalized spacial score (nSPS) is 17.7. The van der Waals surface area contributed by atoms with Crippen LogP contribution in [0.1, 0.15) is 31.7 Å². The summed E-state index contributed by atoms with van der Waals surface area (Å²) in [5, 5.41) is 3.90. The zero-order chi connectivity index (χ0) is 15.6. The van der Waals surface area contributed by atoms with Crippen LogP contribution in [0.5, 0.6) is 0 Å². The fourth-order valence-electron chi connectivity index (χ4n) is 2.39. The molecule has 0 saturated carbocycles. The van der Waals surface area contributed by atoms with Gasteiger partial charge in [-0.3, -0.25) is 0 Å². The lowest BCUT2D eigenvalue weighted by Gasteiger charge is -2.18. The second kappa shape index (κ2) is 6.15. The molecule has 0 unspecified atom stereocenters. The molecule has 8 heteroatoms. The van der Waals surface area contributed by atoms with Crippen LogP contribution in [-0.2, 0) is 10.2 Å². The van der Waals surface area contributed by atoms with Gasteiger partial charge >= 0.3 is 0 Å². The van der Waals surface area contributed by atoms with Crippen LogP contribution < -0.4 is 4.72 Å². The lowest BCUT2D eigenvalue weighted by Crippen LogP contribution is -2.40. The van der Waals surface area contributed by atoms with Crippen molar-refractivity contribution in [1.29, 1.82) is 0 Å². The smallest absolute Gasteiger partial charge is 0.280 e. The van der Waals surface area contributed by atoms with Gasteiger partial charge in [-0.15, -0.1) is 0 Å². The van der Waals surface area contributed by atoms with Gasteiger partial charge in [0, 0.05) is 18.7 Å². The number of benzene rings is 1. The van der Waals surface area contributed by atoms with E-state index in [1.807, 2.05) is 30.3 Å². The monoisotopic (exact) mass is 322 g/mol. The Morgan fingerprint density at radius 2 is 1.91 bits per heavy atom. The van der Waals surface area contributed by atoms with Crippen LogP contribution >= 0.6 is 0 Å². The van der Waals surface area contributed by atoms with E-state index in [0.717, 1.165) is 18.4 Å². The first kappa shape index (κ1) is 15.1. The van der Waals surface area contributed by atoms with E-state index < -0.39 is 16.3 Å². The first-order valence-corrected chi connectivity index (χ1v) is 8.67. The second-order valence-electron chi connectivity index (χ2n) is 5.27. The molecule has 0 amide bonds. The maximum Gasteiger partial charge on any atom is 0.280 e. The Bertz CT molecular complexity index is 724. The number of nitrogens with one attached hydrogen (secondary N) is 1. The van der Waals surface area contributed by atoms with Gasteiger partial charge in [-0.25, -0.2) is 0 Å². The standard InChI is InChI=1S/C14H18N4O3S/c1-11(17-22(19,20)18-9-5-6-10-18)14-15-13(16-21-14)12-7-3-2-4-8-12/h2-4,7-8,11,17H,5-6,9-10H2,1H3/t11-/m1/s1. The van der Waals surface area contributed by atoms with E-state index in [1.54, 1.807) is 6.92 Å². The molecule has 7 nitrogen and oxygen atoms in total. The minimum atomic E-state index is -3.51. The highest BCUT2D eigenvalue weighted by molar-refractivity contribution is 7.87. The molecule has 0 aliphatic carbocycles. The van der Waals surface area contributed by atoms with Gasteiger partial charge in [0.1, 0.15) is 0 Å². The topological polar surface area (TPSA) is 88.3 Å². The van der Waals surface area contributed by atoms with Crippen LogP contribution in [0, 0.1) is 0 Å². The van der Waals surface area contributed by atoms with Gasteiger partial charge in [-0.05, 0) is 19.8 Å². The van der Waals surface area contributed by atoms with Gasteiger partial charge in [0.25, 0.3) is 10.2 Å². The second-order valence-corrected chi connectivity index (χ2v) is 6.98. The minimum absolute atomic E-state index is 0.252. The van der Waals surface area contributed by atoms with Crippen molar-refractivity contribution in [1.82, 2.24) is 19.2 Å².